The van der Waals surface area contributed by atoms with Gasteiger partial charge in [-0.25, -0.2) is 9.36 Å². The van der Waals surface area contributed by atoms with E-state index in [1.54, 1.807) is 40.0 Å². The fourth-order valence-corrected chi connectivity index (χ4v) is 3.19. The predicted octanol–water partition coefficient (Wildman–Crippen LogP) is 4.33. The van der Waals surface area contributed by atoms with Crippen molar-refractivity contribution in [1.29, 1.82) is 0 Å². The molecule has 28 heavy (non-hydrogen) atoms. The summed E-state index contributed by atoms with van der Waals surface area (Å²) >= 11 is 6.07. The first-order chi connectivity index (χ1) is 13.6. The molecule has 0 bridgehead atoms. The summed E-state index contributed by atoms with van der Waals surface area (Å²) in [6.45, 7) is 2.42. The zero-order valence-corrected chi connectivity index (χ0v) is 16.0. The van der Waals surface area contributed by atoms with Crippen molar-refractivity contribution in [2.24, 2.45) is 0 Å². The standard InChI is InChI=1S/C21H18ClN5O/c1-15-19(13-24-27(15)18-9-5-8-17(22)12-18)21(28)25-20-10-11-23-26(20)14-16-6-3-2-4-7-16/h2-13H,14H2,1H3,(H,25,28). The Morgan fingerprint density at radius 2 is 1.89 bits per heavy atom. The molecule has 1 N–H and O–H groups in total. The van der Waals surface area contributed by atoms with E-state index in [-0.39, 0.29) is 5.91 Å². The Labute approximate surface area is 167 Å². The molecule has 2 aromatic heterocycles. The Balaban J connectivity index is 1.55. The molecule has 4 aromatic rings. The van der Waals surface area contributed by atoms with Crippen LogP contribution in [-0.2, 0) is 6.54 Å². The first-order valence-corrected chi connectivity index (χ1v) is 9.17. The molecule has 2 heterocycles. The van der Waals surface area contributed by atoms with Gasteiger partial charge < -0.3 is 5.32 Å². The Morgan fingerprint density at radius 3 is 2.68 bits per heavy atom. The van der Waals surface area contributed by atoms with Crippen molar-refractivity contribution < 1.29 is 4.79 Å². The molecule has 0 saturated carbocycles. The Morgan fingerprint density at radius 1 is 1.07 bits per heavy atom. The fourth-order valence-electron chi connectivity index (χ4n) is 3.01. The van der Waals surface area contributed by atoms with Crippen molar-refractivity contribution >= 4 is 23.3 Å². The number of nitrogens with one attached hydrogen (secondary N) is 1. The molecule has 0 aliphatic carbocycles. The lowest BCUT2D eigenvalue weighted by Gasteiger charge is -2.09. The molecule has 2 aromatic carbocycles. The highest BCUT2D eigenvalue weighted by molar-refractivity contribution is 6.30. The number of amides is 1. The molecule has 7 heteroatoms. The van der Waals surface area contributed by atoms with Gasteiger partial charge in [-0.1, -0.05) is 48.0 Å². The van der Waals surface area contributed by atoms with Crippen LogP contribution in [0.25, 0.3) is 5.69 Å². The molecule has 0 radical (unpaired) electrons. The molecule has 0 unspecified atom stereocenters. The molecule has 0 aliphatic heterocycles. The highest BCUT2D eigenvalue weighted by atomic mass is 35.5. The van der Waals surface area contributed by atoms with E-state index in [4.69, 9.17) is 11.6 Å². The molecule has 0 saturated heterocycles. The van der Waals surface area contributed by atoms with E-state index < -0.39 is 0 Å². The van der Waals surface area contributed by atoms with Gasteiger partial charge in [0.25, 0.3) is 5.91 Å². The van der Waals surface area contributed by atoms with Crippen molar-refractivity contribution in [3.8, 4) is 5.69 Å². The molecule has 4 rings (SSSR count). The van der Waals surface area contributed by atoms with Gasteiger partial charge >= 0.3 is 0 Å². The van der Waals surface area contributed by atoms with E-state index in [0.29, 0.717) is 22.9 Å². The first kappa shape index (κ1) is 18.0. The number of benzene rings is 2. The predicted molar refractivity (Wildman–Crippen MR) is 109 cm³/mol. The molecule has 140 valence electrons. The van der Waals surface area contributed by atoms with Crippen LogP contribution < -0.4 is 5.32 Å². The third-order valence-corrected chi connectivity index (χ3v) is 4.68. The topological polar surface area (TPSA) is 64.7 Å². The average molecular weight is 392 g/mol. The largest absolute Gasteiger partial charge is 0.307 e. The molecular weight excluding hydrogens is 374 g/mol. The summed E-state index contributed by atoms with van der Waals surface area (Å²) in [5.41, 5.74) is 3.13. The zero-order valence-electron chi connectivity index (χ0n) is 15.2. The molecule has 0 aliphatic rings. The van der Waals surface area contributed by atoms with Gasteiger partial charge in [0.1, 0.15) is 5.82 Å². The minimum Gasteiger partial charge on any atom is -0.307 e. The number of anilines is 1. The number of hydrogen-bond donors (Lipinski definition) is 1. The maximum Gasteiger partial charge on any atom is 0.260 e. The molecule has 0 spiro atoms. The second-order valence-corrected chi connectivity index (χ2v) is 6.79. The van der Waals surface area contributed by atoms with E-state index in [9.17, 15) is 4.79 Å². The van der Waals surface area contributed by atoms with Crippen molar-refractivity contribution in [3.63, 3.8) is 0 Å². The number of aromatic nitrogens is 4. The highest BCUT2D eigenvalue weighted by Crippen LogP contribution is 2.19. The van der Waals surface area contributed by atoms with Gasteiger partial charge in [-0.2, -0.15) is 10.2 Å². The molecular formula is C21H18ClN5O. The number of carbonyl (C=O) groups excluding carboxylic acids is 1. The second kappa shape index (κ2) is 7.70. The molecule has 0 fully saturated rings. The summed E-state index contributed by atoms with van der Waals surface area (Å²) in [5.74, 6) is 0.393. The average Bonchev–Trinajstić information content (AvgIpc) is 3.29. The monoisotopic (exact) mass is 391 g/mol. The zero-order chi connectivity index (χ0) is 19.5. The van der Waals surface area contributed by atoms with Crippen LogP contribution in [-0.4, -0.2) is 25.5 Å². The van der Waals surface area contributed by atoms with E-state index in [2.05, 4.69) is 15.5 Å². The van der Waals surface area contributed by atoms with Crippen molar-refractivity contribution in [2.45, 2.75) is 13.5 Å². The second-order valence-electron chi connectivity index (χ2n) is 6.35. The molecule has 1 amide bonds. The van der Waals surface area contributed by atoms with Crippen LogP contribution in [0.2, 0.25) is 5.02 Å². The van der Waals surface area contributed by atoms with Gasteiger partial charge in [0.15, 0.2) is 0 Å². The Kier molecular flexibility index (Phi) is 4.95. The maximum absolute atomic E-state index is 12.8. The number of rotatable bonds is 5. The SMILES string of the molecule is Cc1c(C(=O)Nc2ccnn2Cc2ccccc2)cnn1-c1cccc(Cl)c1. The smallest absolute Gasteiger partial charge is 0.260 e. The van der Waals surface area contributed by atoms with E-state index in [1.165, 1.54) is 0 Å². The van der Waals surface area contributed by atoms with Crippen LogP contribution in [0.5, 0.6) is 0 Å². The van der Waals surface area contributed by atoms with Crippen LogP contribution in [0.3, 0.4) is 0 Å². The summed E-state index contributed by atoms with van der Waals surface area (Å²) in [6.07, 6.45) is 3.23. The van der Waals surface area contributed by atoms with E-state index in [1.807, 2.05) is 49.4 Å². The summed E-state index contributed by atoms with van der Waals surface area (Å²) in [5, 5.41) is 12.2. The summed E-state index contributed by atoms with van der Waals surface area (Å²) < 4.78 is 3.45. The third kappa shape index (κ3) is 3.68. The maximum atomic E-state index is 12.8. The molecule has 6 nitrogen and oxygen atoms in total. The van der Waals surface area contributed by atoms with Gasteiger partial charge in [-0.15, -0.1) is 0 Å². The summed E-state index contributed by atoms with van der Waals surface area (Å²) in [4.78, 5) is 12.8. The first-order valence-electron chi connectivity index (χ1n) is 8.79. The number of hydrogen-bond acceptors (Lipinski definition) is 3. The van der Waals surface area contributed by atoms with E-state index >= 15 is 0 Å². The lowest BCUT2D eigenvalue weighted by atomic mass is 10.2. The van der Waals surface area contributed by atoms with Gasteiger partial charge in [-0.05, 0) is 30.7 Å². The Hall–Kier alpha value is -3.38. The van der Waals surface area contributed by atoms with Crippen LogP contribution in [0.15, 0.2) is 73.1 Å². The van der Waals surface area contributed by atoms with Gasteiger partial charge in [0.05, 0.1) is 35.9 Å². The molecule has 0 atom stereocenters. The summed E-state index contributed by atoms with van der Waals surface area (Å²) in [6, 6.07) is 19.1. The summed E-state index contributed by atoms with van der Waals surface area (Å²) in [7, 11) is 0. The van der Waals surface area contributed by atoms with Gasteiger partial charge in [0.2, 0.25) is 0 Å². The van der Waals surface area contributed by atoms with Crippen molar-refractivity contribution in [1.82, 2.24) is 19.6 Å². The quantitative estimate of drug-likeness (QED) is 0.550. The van der Waals surface area contributed by atoms with Crippen LogP contribution in [0.4, 0.5) is 5.82 Å². The number of carbonyl (C=O) groups is 1. The number of halogens is 1. The van der Waals surface area contributed by atoms with Crippen LogP contribution in [0, 0.1) is 6.92 Å². The van der Waals surface area contributed by atoms with Crippen LogP contribution >= 0.6 is 11.6 Å². The van der Waals surface area contributed by atoms with E-state index in [0.717, 1.165) is 16.9 Å². The van der Waals surface area contributed by atoms with Crippen LogP contribution in [0.1, 0.15) is 21.6 Å². The fraction of sp³-hybridized carbons (Fsp3) is 0.0952. The minimum absolute atomic E-state index is 0.236. The number of nitrogens with zero attached hydrogens (tertiary/aromatic N) is 4. The lowest BCUT2D eigenvalue weighted by Crippen LogP contribution is -2.17. The lowest BCUT2D eigenvalue weighted by molar-refractivity contribution is 0.102. The normalized spacial score (nSPS) is 10.8. The third-order valence-electron chi connectivity index (χ3n) is 4.44. The highest BCUT2D eigenvalue weighted by Gasteiger charge is 2.17. The van der Waals surface area contributed by atoms with Crippen molar-refractivity contribution in [3.05, 3.63) is 94.9 Å². The minimum atomic E-state index is -0.236. The van der Waals surface area contributed by atoms with Gasteiger partial charge in [0, 0.05) is 11.1 Å². The van der Waals surface area contributed by atoms with Gasteiger partial charge in [-0.3, -0.25) is 4.79 Å². The van der Waals surface area contributed by atoms with Crippen molar-refractivity contribution in [2.75, 3.05) is 5.32 Å². The Bertz CT molecular complexity index is 1120.